The van der Waals surface area contributed by atoms with Gasteiger partial charge >= 0.3 is 11.9 Å². The SMILES string of the molecule is O=C(O)c1ccc(NC(=O)[C@@H]2Cc3ccc(Cl)cc3C(=O)O2)cc1. The third kappa shape index (κ3) is 3.23. The van der Waals surface area contributed by atoms with Crippen molar-refractivity contribution in [3.05, 3.63) is 64.2 Å². The molecule has 1 aliphatic heterocycles. The van der Waals surface area contributed by atoms with E-state index >= 15 is 0 Å². The highest BCUT2D eigenvalue weighted by atomic mass is 35.5. The van der Waals surface area contributed by atoms with Gasteiger partial charge in [0.15, 0.2) is 6.10 Å². The maximum Gasteiger partial charge on any atom is 0.339 e. The summed E-state index contributed by atoms with van der Waals surface area (Å²) in [4.78, 5) is 35.1. The zero-order valence-corrected chi connectivity index (χ0v) is 13.0. The summed E-state index contributed by atoms with van der Waals surface area (Å²) in [5.41, 5.74) is 1.58. The van der Waals surface area contributed by atoms with Crippen LogP contribution in [0.4, 0.5) is 5.69 Å². The predicted molar refractivity (Wildman–Crippen MR) is 86.4 cm³/mol. The standard InChI is InChI=1S/C17H12ClNO5/c18-11-4-1-10-7-14(24-17(23)13(10)8-11)15(20)19-12-5-2-9(3-6-12)16(21)22/h1-6,8,14H,7H2,(H,19,20)(H,21,22)/t14-/m0/s1. The second-order valence-electron chi connectivity index (χ2n) is 5.27. The Bertz CT molecular complexity index is 831. The van der Waals surface area contributed by atoms with Crippen LogP contribution in [0.1, 0.15) is 26.3 Å². The molecule has 0 radical (unpaired) electrons. The predicted octanol–water partition coefficient (Wildman–Crippen LogP) is 2.76. The van der Waals surface area contributed by atoms with Gasteiger partial charge in [-0.25, -0.2) is 9.59 Å². The van der Waals surface area contributed by atoms with Crippen LogP contribution in [-0.2, 0) is 16.0 Å². The summed E-state index contributed by atoms with van der Waals surface area (Å²) in [7, 11) is 0. The van der Waals surface area contributed by atoms with E-state index in [1.807, 2.05) is 0 Å². The van der Waals surface area contributed by atoms with Gasteiger partial charge < -0.3 is 15.2 Å². The molecule has 2 N–H and O–H groups in total. The lowest BCUT2D eigenvalue weighted by Crippen LogP contribution is -2.38. The topological polar surface area (TPSA) is 92.7 Å². The van der Waals surface area contributed by atoms with Gasteiger partial charge in [0.1, 0.15) is 0 Å². The molecule has 2 aromatic rings. The van der Waals surface area contributed by atoms with E-state index in [1.54, 1.807) is 12.1 Å². The lowest BCUT2D eigenvalue weighted by Gasteiger charge is -2.24. The summed E-state index contributed by atoms with van der Waals surface area (Å²) in [6.07, 6.45) is -0.706. The molecule has 3 rings (SSSR count). The van der Waals surface area contributed by atoms with Crippen molar-refractivity contribution >= 4 is 35.1 Å². The Morgan fingerprint density at radius 1 is 1.17 bits per heavy atom. The number of amides is 1. The van der Waals surface area contributed by atoms with E-state index in [-0.39, 0.29) is 12.0 Å². The number of esters is 1. The van der Waals surface area contributed by atoms with Crippen LogP contribution in [0.25, 0.3) is 0 Å². The van der Waals surface area contributed by atoms with Gasteiger partial charge in [-0.15, -0.1) is 0 Å². The summed E-state index contributed by atoms with van der Waals surface area (Å²) in [6, 6.07) is 10.6. The van der Waals surface area contributed by atoms with E-state index < -0.39 is 23.9 Å². The van der Waals surface area contributed by atoms with E-state index in [1.165, 1.54) is 30.3 Å². The third-order valence-corrected chi connectivity index (χ3v) is 3.87. The number of rotatable bonds is 3. The number of nitrogens with one attached hydrogen (secondary N) is 1. The van der Waals surface area contributed by atoms with Gasteiger partial charge in [0.25, 0.3) is 5.91 Å². The van der Waals surface area contributed by atoms with Crippen molar-refractivity contribution in [3.8, 4) is 0 Å². The van der Waals surface area contributed by atoms with Crippen molar-refractivity contribution in [2.24, 2.45) is 0 Å². The van der Waals surface area contributed by atoms with Gasteiger partial charge in [-0.3, -0.25) is 4.79 Å². The molecule has 1 heterocycles. The summed E-state index contributed by atoms with van der Waals surface area (Å²) >= 11 is 5.85. The largest absolute Gasteiger partial charge is 0.478 e. The van der Waals surface area contributed by atoms with Crippen LogP contribution in [-0.4, -0.2) is 29.1 Å². The average Bonchev–Trinajstić information content (AvgIpc) is 2.55. The Hall–Kier alpha value is -2.86. The first-order chi connectivity index (χ1) is 11.4. The third-order valence-electron chi connectivity index (χ3n) is 3.64. The number of ether oxygens (including phenoxy) is 1. The van der Waals surface area contributed by atoms with Crippen molar-refractivity contribution in [3.63, 3.8) is 0 Å². The summed E-state index contributed by atoms with van der Waals surface area (Å²) in [6.45, 7) is 0. The number of hydrogen-bond donors (Lipinski definition) is 2. The van der Waals surface area contributed by atoms with Gasteiger partial charge in [0.2, 0.25) is 0 Å². The van der Waals surface area contributed by atoms with Gasteiger partial charge in [-0.2, -0.15) is 0 Å². The molecule has 0 aliphatic carbocycles. The lowest BCUT2D eigenvalue weighted by molar-refractivity contribution is -0.125. The molecule has 0 unspecified atom stereocenters. The number of aromatic carboxylic acids is 1. The number of carboxylic acid groups (broad SMARTS) is 1. The van der Waals surface area contributed by atoms with E-state index in [9.17, 15) is 14.4 Å². The molecule has 24 heavy (non-hydrogen) atoms. The van der Waals surface area contributed by atoms with Crippen molar-refractivity contribution in [1.29, 1.82) is 0 Å². The monoisotopic (exact) mass is 345 g/mol. The molecule has 2 aromatic carbocycles. The Labute approximate surface area is 142 Å². The number of benzene rings is 2. The Morgan fingerprint density at radius 2 is 1.88 bits per heavy atom. The molecule has 122 valence electrons. The fraction of sp³-hybridized carbons (Fsp3) is 0.118. The van der Waals surface area contributed by atoms with Gasteiger partial charge in [-0.05, 0) is 42.0 Å². The molecule has 0 bridgehead atoms. The summed E-state index contributed by atoms with van der Waals surface area (Å²) in [5.74, 6) is -2.13. The Kier molecular flexibility index (Phi) is 4.22. The van der Waals surface area contributed by atoms with Crippen LogP contribution in [0.5, 0.6) is 0 Å². The molecular weight excluding hydrogens is 334 g/mol. The zero-order chi connectivity index (χ0) is 17.3. The van der Waals surface area contributed by atoms with E-state index in [4.69, 9.17) is 21.4 Å². The first kappa shape index (κ1) is 16.0. The van der Waals surface area contributed by atoms with Crippen LogP contribution in [0, 0.1) is 0 Å². The van der Waals surface area contributed by atoms with Gasteiger partial charge in [0, 0.05) is 17.1 Å². The van der Waals surface area contributed by atoms with E-state index in [0.717, 1.165) is 0 Å². The number of carbonyl (C=O) groups is 3. The second kappa shape index (κ2) is 6.33. The molecule has 0 spiro atoms. The highest BCUT2D eigenvalue weighted by Crippen LogP contribution is 2.24. The van der Waals surface area contributed by atoms with Crippen LogP contribution >= 0.6 is 11.6 Å². The molecule has 6 nitrogen and oxygen atoms in total. The fourth-order valence-corrected chi connectivity index (χ4v) is 2.59. The maximum atomic E-state index is 12.3. The normalized spacial score (nSPS) is 16.0. The highest BCUT2D eigenvalue weighted by Gasteiger charge is 2.31. The van der Waals surface area contributed by atoms with Crippen molar-refractivity contribution in [1.82, 2.24) is 0 Å². The summed E-state index contributed by atoms with van der Waals surface area (Å²) in [5, 5.41) is 11.9. The van der Waals surface area contributed by atoms with Gasteiger partial charge in [-0.1, -0.05) is 17.7 Å². The molecule has 0 saturated heterocycles. The fourth-order valence-electron chi connectivity index (χ4n) is 2.42. The second-order valence-corrected chi connectivity index (χ2v) is 5.71. The highest BCUT2D eigenvalue weighted by molar-refractivity contribution is 6.31. The lowest BCUT2D eigenvalue weighted by atomic mass is 9.98. The number of hydrogen-bond acceptors (Lipinski definition) is 4. The van der Waals surface area contributed by atoms with Crippen LogP contribution in [0.2, 0.25) is 5.02 Å². The molecule has 7 heteroatoms. The first-order valence-corrected chi connectivity index (χ1v) is 7.45. The molecular formula is C17H12ClNO5. The zero-order valence-electron chi connectivity index (χ0n) is 12.3. The number of cyclic esters (lactones) is 1. The van der Waals surface area contributed by atoms with E-state index in [0.29, 0.717) is 21.8 Å². The maximum absolute atomic E-state index is 12.3. The Balaban J connectivity index is 1.73. The molecule has 0 aromatic heterocycles. The smallest absolute Gasteiger partial charge is 0.339 e. The number of fused-ring (bicyclic) bond motifs is 1. The molecule has 1 aliphatic rings. The molecule has 1 amide bonds. The Morgan fingerprint density at radius 3 is 2.54 bits per heavy atom. The number of carbonyl (C=O) groups excluding carboxylic acids is 2. The quantitative estimate of drug-likeness (QED) is 0.834. The average molecular weight is 346 g/mol. The van der Waals surface area contributed by atoms with Crippen LogP contribution in [0.15, 0.2) is 42.5 Å². The van der Waals surface area contributed by atoms with Crippen LogP contribution < -0.4 is 5.32 Å². The minimum Gasteiger partial charge on any atom is -0.478 e. The van der Waals surface area contributed by atoms with Crippen molar-refractivity contribution in [2.45, 2.75) is 12.5 Å². The van der Waals surface area contributed by atoms with E-state index in [2.05, 4.69) is 5.32 Å². The minimum absolute atomic E-state index is 0.114. The van der Waals surface area contributed by atoms with Crippen LogP contribution in [0.3, 0.4) is 0 Å². The number of carboxylic acids is 1. The first-order valence-electron chi connectivity index (χ1n) is 7.07. The number of anilines is 1. The molecule has 1 atom stereocenters. The van der Waals surface area contributed by atoms with Gasteiger partial charge in [0.05, 0.1) is 11.1 Å². The van der Waals surface area contributed by atoms with Crippen molar-refractivity contribution in [2.75, 3.05) is 5.32 Å². The molecule has 0 fully saturated rings. The summed E-state index contributed by atoms with van der Waals surface area (Å²) < 4.78 is 5.16. The number of halogens is 1. The van der Waals surface area contributed by atoms with Crippen molar-refractivity contribution < 1.29 is 24.2 Å². The molecule has 0 saturated carbocycles. The minimum atomic E-state index is -1.05.